The van der Waals surface area contributed by atoms with Crippen LogP contribution < -0.4 is 15.3 Å². The highest BCUT2D eigenvalue weighted by Gasteiger charge is 2.32. The second-order valence-corrected chi connectivity index (χ2v) is 3.24. The predicted octanol–water partition coefficient (Wildman–Crippen LogP) is -0.271. The van der Waals surface area contributed by atoms with Crippen LogP contribution in [0.2, 0.25) is 0 Å². The molecule has 6 nitrogen and oxygen atoms in total. The summed E-state index contributed by atoms with van der Waals surface area (Å²) in [7, 11) is 0. The molecule has 0 radical (unpaired) electrons. The molecule has 0 aromatic rings. The first-order valence-corrected chi connectivity index (χ1v) is 4.31. The quantitative estimate of drug-likeness (QED) is 0.475. The van der Waals surface area contributed by atoms with E-state index in [1.54, 1.807) is 0 Å². The third-order valence-corrected chi connectivity index (χ3v) is 2.27. The highest BCUT2D eigenvalue weighted by atomic mass is 19.1. The van der Waals surface area contributed by atoms with Crippen LogP contribution in [-0.4, -0.2) is 24.3 Å². The van der Waals surface area contributed by atoms with Gasteiger partial charge in [0.1, 0.15) is 29.0 Å². The van der Waals surface area contributed by atoms with Crippen LogP contribution in [-0.2, 0) is 0 Å². The molecule has 1 fully saturated rings. The van der Waals surface area contributed by atoms with Crippen LogP contribution in [0.15, 0.2) is 5.11 Å². The zero-order valence-electron chi connectivity index (χ0n) is 7.44. The maximum absolute atomic E-state index is 13.3. The Kier molecular flexibility index (Phi) is 3.53. The lowest BCUT2D eigenvalue weighted by Crippen LogP contribution is -2.50. The van der Waals surface area contributed by atoms with E-state index in [0.29, 0.717) is 12.8 Å². The molecular weight excluding hydrogens is 191 g/mol. The Balaban J connectivity index is 2.47. The Morgan fingerprint density at radius 2 is 2.36 bits per heavy atom. The molecule has 0 saturated heterocycles. The Bertz CT molecular complexity index is 266. The van der Waals surface area contributed by atoms with Gasteiger partial charge in [-0.15, -0.1) is 0 Å². The second kappa shape index (κ2) is 4.66. The molecule has 1 aliphatic rings. The zero-order valence-corrected chi connectivity index (χ0v) is 7.44. The van der Waals surface area contributed by atoms with Crippen LogP contribution in [0.1, 0.15) is 19.3 Å². The predicted molar refractivity (Wildman–Crippen MR) is 42.1 cm³/mol. The molecular formula is C7H11FN4O2. The SMILES string of the molecule is N=[N+]=N[C@H]1CC[C@H](NC(=O)[O-])[C@@H](F)C1. The number of carboxylic acid groups (broad SMARTS) is 1. The number of halogens is 1. The van der Waals surface area contributed by atoms with E-state index in [0.717, 1.165) is 0 Å². The molecule has 0 bridgehead atoms. The molecule has 0 aromatic carbocycles. The van der Waals surface area contributed by atoms with Crippen LogP contribution in [0.4, 0.5) is 9.18 Å². The third-order valence-electron chi connectivity index (χ3n) is 2.27. The van der Waals surface area contributed by atoms with E-state index in [-0.39, 0.29) is 12.5 Å². The first-order valence-electron chi connectivity index (χ1n) is 4.31. The van der Waals surface area contributed by atoms with Crippen molar-refractivity contribution < 1.29 is 14.3 Å². The highest BCUT2D eigenvalue weighted by molar-refractivity contribution is 5.62. The first kappa shape index (κ1) is 10.6. The molecule has 0 unspecified atom stereocenters. The van der Waals surface area contributed by atoms with E-state index in [1.165, 1.54) is 0 Å². The summed E-state index contributed by atoms with van der Waals surface area (Å²) in [5.74, 6) is 0. The van der Waals surface area contributed by atoms with Gasteiger partial charge in [-0.05, 0) is 12.8 Å². The van der Waals surface area contributed by atoms with Gasteiger partial charge < -0.3 is 15.2 Å². The fourth-order valence-electron chi connectivity index (χ4n) is 1.60. The summed E-state index contributed by atoms with van der Waals surface area (Å²) in [5, 5.41) is 15.7. The van der Waals surface area contributed by atoms with E-state index in [9.17, 15) is 14.3 Å². The average Bonchev–Trinajstić information content (AvgIpc) is 2.10. The van der Waals surface area contributed by atoms with Crippen molar-refractivity contribution in [2.45, 2.75) is 37.5 Å². The van der Waals surface area contributed by atoms with Crippen LogP contribution in [0.3, 0.4) is 0 Å². The van der Waals surface area contributed by atoms with Gasteiger partial charge in [0.25, 0.3) is 0 Å². The fraction of sp³-hybridized carbons (Fsp3) is 0.857. The zero-order chi connectivity index (χ0) is 10.6. The lowest BCUT2D eigenvalue weighted by Gasteiger charge is -2.28. The molecule has 0 aliphatic heterocycles. The van der Waals surface area contributed by atoms with Crippen LogP contribution in [0.25, 0.3) is 0 Å². The Labute approximate surface area is 79.7 Å². The molecule has 14 heavy (non-hydrogen) atoms. The summed E-state index contributed by atoms with van der Waals surface area (Å²) in [6.45, 7) is 0. The Hall–Kier alpha value is -1.49. The molecule has 0 aromatic heterocycles. The van der Waals surface area contributed by atoms with Crippen molar-refractivity contribution >= 4 is 6.09 Å². The van der Waals surface area contributed by atoms with Crippen LogP contribution >= 0.6 is 0 Å². The molecule has 3 atom stereocenters. The van der Waals surface area contributed by atoms with Gasteiger partial charge in [0, 0.05) is 6.42 Å². The van der Waals surface area contributed by atoms with Gasteiger partial charge in [0.2, 0.25) is 4.91 Å². The number of alkyl halides is 1. The highest BCUT2D eigenvalue weighted by Crippen LogP contribution is 2.23. The number of hydrogen-bond donors (Lipinski definition) is 2. The number of rotatable bonds is 2. The van der Waals surface area contributed by atoms with Crippen LogP contribution in [0.5, 0.6) is 0 Å². The first-order chi connectivity index (χ1) is 6.63. The summed E-state index contributed by atoms with van der Waals surface area (Å²) >= 11 is 0. The van der Waals surface area contributed by atoms with Gasteiger partial charge in [-0.3, -0.25) is 0 Å². The molecule has 2 N–H and O–H groups in total. The monoisotopic (exact) mass is 202 g/mol. The number of nitrogens with zero attached hydrogens (tertiary/aromatic N) is 2. The molecule has 1 saturated carbocycles. The van der Waals surface area contributed by atoms with Crippen molar-refractivity contribution in [1.29, 1.82) is 5.53 Å². The molecule has 78 valence electrons. The van der Waals surface area contributed by atoms with E-state index in [1.807, 2.05) is 5.32 Å². The molecule has 1 amide bonds. The summed E-state index contributed by atoms with van der Waals surface area (Å²) in [6, 6.07) is -1.01. The van der Waals surface area contributed by atoms with E-state index in [4.69, 9.17) is 5.53 Å². The van der Waals surface area contributed by atoms with Crippen LogP contribution in [0, 0.1) is 5.53 Å². The normalized spacial score (nSPS) is 31.6. The molecule has 0 heterocycles. The summed E-state index contributed by atoms with van der Waals surface area (Å²) in [6.07, 6.45) is -1.74. The number of carbonyl (C=O) groups excluding carboxylic acids is 1. The molecule has 0 spiro atoms. The van der Waals surface area contributed by atoms with Crippen molar-refractivity contribution in [2.75, 3.05) is 0 Å². The topological polar surface area (TPSA) is 102 Å². The minimum absolute atomic E-state index is 0.104. The van der Waals surface area contributed by atoms with E-state index >= 15 is 0 Å². The fourth-order valence-corrected chi connectivity index (χ4v) is 1.60. The van der Waals surface area contributed by atoms with Crippen molar-refractivity contribution in [2.24, 2.45) is 5.11 Å². The van der Waals surface area contributed by atoms with Gasteiger partial charge in [0.15, 0.2) is 0 Å². The maximum Gasteiger partial charge on any atom is 0.214 e. The number of carbonyl (C=O) groups is 1. The molecule has 1 aliphatic carbocycles. The standard InChI is InChI=1S/C7H11FN4O2/c8-5-3-4(11-12-9)1-2-6(5)10-7(13)14/h4-6,9-10H,1-3H2/t4-,5-,6-/m0/s1. The largest absolute Gasteiger partial charge is 0.530 e. The van der Waals surface area contributed by atoms with Crippen molar-refractivity contribution in [3.05, 3.63) is 0 Å². The van der Waals surface area contributed by atoms with Gasteiger partial charge in [0.05, 0.1) is 6.04 Å². The molecule has 1 rings (SSSR count). The smallest absolute Gasteiger partial charge is 0.214 e. The second-order valence-electron chi connectivity index (χ2n) is 3.24. The summed E-state index contributed by atoms with van der Waals surface area (Å²) < 4.78 is 13.3. The van der Waals surface area contributed by atoms with Gasteiger partial charge in [-0.1, -0.05) is 0 Å². The van der Waals surface area contributed by atoms with Gasteiger partial charge in [-0.25, -0.2) is 4.39 Å². The van der Waals surface area contributed by atoms with Crippen molar-refractivity contribution in [3.63, 3.8) is 0 Å². The van der Waals surface area contributed by atoms with E-state index in [2.05, 4.69) is 10.0 Å². The summed E-state index contributed by atoms with van der Waals surface area (Å²) in [5.41, 5.74) is 6.48. The Morgan fingerprint density at radius 3 is 2.86 bits per heavy atom. The van der Waals surface area contributed by atoms with Crippen molar-refractivity contribution in [3.8, 4) is 0 Å². The number of hydrogen-bond acceptors (Lipinski definition) is 4. The van der Waals surface area contributed by atoms with Crippen molar-refractivity contribution in [1.82, 2.24) is 10.2 Å². The lowest BCUT2D eigenvalue weighted by atomic mass is 9.90. The third kappa shape index (κ3) is 2.77. The number of nitrogens with one attached hydrogen (secondary N) is 2. The minimum Gasteiger partial charge on any atom is -0.530 e. The summed E-state index contributed by atoms with van der Waals surface area (Å²) in [4.78, 5) is 13.0. The minimum atomic E-state index is -1.46. The number of amides is 1. The van der Waals surface area contributed by atoms with Gasteiger partial charge >= 0.3 is 0 Å². The lowest BCUT2D eigenvalue weighted by molar-refractivity contribution is -0.252. The molecule has 7 heteroatoms. The van der Waals surface area contributed by atoms with Gasteiger partial charge in [-0.2, -0.15) is 0 Å². The average molecular weight is 202 g/mol. The maximum atomic E-state index is 13.3. The van der Waals surface area contributed by atoms with E-state index < -0.39 is 18.3 Å². The Morgan fingerprint density at radius 1 is 1.64 bits per heavy atom.